The maximum Gasteiger partial charge on any atom is 0.308 e. The van der Waals surface area contributed by atoms with Crippen molar-refractivity contribution in [3.63, 3.8) is 0 Å². The molecule has 0 aliphatic rings. The van der Waals surface area contributed by atoms with Gasteiger partial charge >= 0.3 is 5.97 Å². The number of phenols is 1. The Bertz CT molecular complexity index is 600. The normalized spacial score (nSPS) is 10.9. The van der Waals surface area contributed by atoms with Crippen molar-refractivity contribution in [3.8, 4) is 11.5 Å². The molecule has 0 fully saturated rings. The Labute approximate surface area is 106 Å². The summed E-state index contributed by atoms with van der Waals surface area (Å²) in [5.74, 6) is 0.568. The van der Waals surface area contributed by atoms with Crippen molar-refractivity contribution < 1.29 is 14.6 Å². The zero-order valence-corrected chi connectivity index (χ0v) is 10.7. The molecule has 0 aliphatic carbocycles. The number of hydrogen-bond acceptors (Lipinski definition) is 3. The first-order valence-corrected chi connectivity index (χ1v) is 5.93. The van der Waals surface area contributed by atoms with Crippen molar-refractivity contribution in [2.45, 2.75) is 26.7 Å². The van der Waals surface area contributed by atoms with Gasteiger partial charge in [-0.05, 0) is 12.0 Å². The van der Waals surface area contributed by atoms with Crippen LogP contribution in [0.5, 0.6) is 11.5 Å². The Hall–Kier alpha value is -2.03. The minimum Gasteiger partial charge on any atom is -0.507 e. The molecule has 3 nitrogen and oxygen atoms in total. The number of benzene rings is 2. The monoisotopic (exact) mass is 244 g/mol. The van der Waals surface area contributed by atoms with E-state index in [0.717, 1.165) is 10.9 Å². The molecule has 0 atom stereocenters. The molecule has 2 rings (SSSR count). The fourth-order valence-corrected chi connectivity index (χ4v) is 2.04. The van der Waals surface area contributed by atoms with Gasteiger partial charge in [0.2, 0.25) is 0 Å². The number of carbonyl (C=O) groups is 1. The molecular weight excluding hydrogens is 228 g/mol. The first kappa shape index (κ1) is 12.4. The van der Waals surface area contributed by atoms with Crippen LogP contribution in [0, 0.1) is 0 Å². The second-order valence-corrected chi connectivity index (χ2v) is 4.61. The number of ether oxygens (including phenoxy) is 1. The van der Waals surface area contributed by atoms with Gasteiger partial charge in [-0.1, -0.05) is 38.1 Å². The van der Waals surface area contributed by atoms with Crippen LogP contribution in [0.3, 0.4) is 0 Å². The molecule has 0 saturated heterocycles. The highest BCUT2D eigenvalue weighted by atomic mass is 16.5. The summed E-state index contributed by atoms with van der Waals surface area (Å²) in [5.41, 5.74) is 0.835. The largest absolute Gasteiger partial charge is 0.507 e. The van der Waals surface area contributed by atoms with Gasteiger partial charge in [0.1, 0.15) is 11.5 Å². The van der Waals surface area contributed by atoms with Crippen molar-refractivity contribution in [3.05, 3.63) is 35.9 Å². The van der Waals surface area contributed by atoms with Gasteiger partial charge in [0.15, 0.2) is 0 Å². The second kappa shape index (κ2) is 4.69. The lowest BCUT2D eigenvalue weighted by Crippen LogP contribution is -2.05. The van der Waals surface area contributed by atoms with Gasteiger partial charge < -0.3 is 9.84 Å². The second-order valence-electron chi connectivity index (χ2n) is 4.61. The standard InChI is InChI=1S/C15H16O3/c1-9(2)13-8-14(17)11-6-4-5-7-12(11)15(13)18-10(3)16/h4-9,17H,1-3H3. The van der Waals surface area contributed by atoms with Crippen LogP contribution in [-0.4, -0.2) is 11.1 Å². The van der Waals surface area contributed by atoms with E-state index in [-0.39, 0.29) is 17.6 Å². The van der Waals surface area contributed by atoms with E-state index in [1.807, 2.05) is 38.1 Å². The fourth-order valence-electron chi connectivity index (χ4n) is 2.04. The van der Waals surface area contributed by atoms with E-state index in [9.17, 15) is 9.90 Å². The number of fused-ring (bicyclic) bond motifs is 1. The Morgan fingerprint density at radius 1 is 1.22 bits per heavy atom. The quantitative estimate of drug-likeness (QED) is 0.648. The summed E-state index contributed by atoms with van der Waals surface area (Å²) >= 11 is 0. The summed E-state index contributed by atoms with van der Waals surface area (Å²) in [6.45, 7) is 5.37. The van der Waals surface area contributed by atoms with Gasteiger partial charge in [-0.2, -0.15) is 0 Å². The van der Waals surface area contributed by atoms with Crippen molar-refractivity contribution in [2.24, 2.45) is 0 Å². The molecule has 2 aromatic carbocycles. The minimum atomic E-state index is -0.354. The van der Waals surface area contributed by atoms with Gasteiger partial charge in [0, 0.05) is 23.3 Å². The molecule has 1 N–H and O–H groups in total. The highest BCUT2D eigenvalue weighted by molar-refractivity contribution is 5.95. The molecule has 0 radical (unpaired) electrons. The third-order valence-electron chi connectivity index (χ3n) is 2.87. The smallest absolute Gasteiger partial charge is 0.308 e. The average molecular weight is 244 g/mol. The molecular formula is C15H16O3. The van der Waals surface area contributed by atoms with Crippen molar-refractivity contribution in [1.82, 2.24) is 0 Å². The molecule has 0 aromatic heterocycles. The Balaban J connectivity index is 2.79. The van der Waals surface area contributed by atoms with Gasteiger partial charge in [-0.25, -0.2) is 0 Å². The molecule has 0 saturated carbocycles. The van der Waals surface area contributed by atoms with Crippen LogP contribution < -0.4 is 4.74 Å². The van der Waals surface area contributed by atoms with E-state index in [1.165, 1.54) is 6.92 Å². The van der Waals surface area contributed by atoms with Crippen LogP contribution in [0.25, 0.3) is 10.8 Å². The number of hydrogen-bond donors (Lipinski definition) is 1. The molecule has 0 spiro atoms. The predicted octanol–water partition coefficient (Wildman–Crippen LogP) is 3.59. The SMILES string of the molecule is CC(=O)Oc1c(C(C)C)cc(O)c2ccccc12. The van der Waals surface area contributed by atoms with Gasteiger partial charge in [-0.15, -0.1) is 0 Å². The summed E-state index contributed by atoms with van der Waals surface area (Å²) in [7, 11) is 0. The minimum absolute atomic E-state index is 0.162. The maximum atomic E-state index is 11.2. The van der Waals surface area contributed by atoms with E-state index in [1.54, 1.807) is 6.07 Å². The van der Waals surface area contributed by atoms with Gasteiger partial charge in [0.25, 0.3) is 0 Å². The number of aromatic hydroxyl groups is 1. The summed E-state index contributed by atoms with van der Waals surface area (Å²) in [4.78, 5) is 11.2. The van der Waals surface area contributed by atoms with Gasteiger partial charge in [0.05, 0.1) is 0 Å². The number of phenolic OH excluding ortho intramolecular Hbond substituents is 1. The molecule has 18 heavy (non-hydrogen) atoms. The Morgan fingerprint density at radius 2 is 1.83 bits per heavy atom. The van der Waals surface area contributed by atoms with E-state index in [2.05, 4.69) is 0 Å². The summed E-state index contributed by atoms with van der Waals surface area (Å²) in [5, 5.41) is 11.5. The maximum absolute atomic E-state index is 11.2. The third-order valence-corrected chi connectivity index (χ3v) is 2.87. The first-order valence-electron chi connectivity index (χ1n) is 5.93. The van der Waals surface area contributed by atoms with Crippen molar-refractivity contribution >= 4 is 16.7 Å². The van der Waals surface area contributed by atoms with Crippen molar-refractivity contribution in [2.75, 3.05) is 0 Å². The predicted molar refractivity (Wildman–Crippen MR) is 71.0 cm³/mol. The molecule has 94 valence electrons. The average Bonchev–Trinajstić information content (AvgIpc) is 2.32. The van der Waals surface area contributed by atoms with E-state index in [0.29, 0.717) is 11.1 Å². The fraction of sp³-hybridized carbons (Fsp3) is 0.267. The molecule has 0 heterocycles. The Kier molecular flexibility index (Phi) is 3.24. The molecule has 0 aliphatic heterocycles. The first-order chi connectivity index (χ1) is 8.50. The molecule has 0 bridgehead atoms. The lowest BCUT2D eigenvalue weighted by atomic mass is 9.97. The highest BCUT2D eigenvalue weighted by Gasteiger charge is 2.16. The summed E-state index contributed by atoms with van der Waals surface area (Å²) in [6.07, 6.45) is 0. The van der Waals surface area contributed by atoms with E-state index in [4.69, 9.17) is 4.74 Å². The van der Waals surface area contributed by atoms with Crippen molar-refractivity contribution in [1.29, 1.82) is 0 Å². The van der Waals surface area contributed by atoms with Gasteiger partial charge in [-0.3, -0.25) is 4.79 Å². The zero-order valence-electron chi connectivity index (χ0n) is 10.7. The molecule has 0 amide bonds. The third kappa shape index (κ3) is 2.16. The van der Waals surface area contributed by atoms with Crippen LogP contribution >= 0.6 is 0 Å². The summed E-state index contributed by atoms with van der Waals surface area (Å²) < 4.78 is 5.32. The number of rotatable bonds is 2. The highest BCUT2D eigenvalue weighted by Crippen LogP contribution is 2.39. The Morgan fingerprint density at radius 3 is 2.39 bits per heavy atom. The molecule has 0 unspecified atom stereocenters. The number of carbonyl (C=O) groups excluding carboxylic acids is 1. The zero-order chi connectivity index (χ0) is 13.3. The lowest BCUT2D eigenvalue weighted by Gasteiger charge is -2.15. The van der Waals surface area contributed by atoms with Crippen LogP contribution in [0.1, 0.15) is 32.3 Å². The topological polar surface area (TPSA) is 46.5 Å². The van der Waals surface area contributed by atoms with Crippen LogP contribution in [-0.2, 0) is 4.79 Å². The number of esters is 1. The molecule has 2 aromatic rings. The van der Waals surface area contributed by atoms with Crippen LogP contribution in [0.15, 0.2) is 30.3 Å². The van der Waals surface area contributed by atoms with E-state index < -0.39 is 0 Å². The molecule has 3 heteroatoms. The summed E-state index contributed by atoms with van der Waals surface area (Å²) in [6, 6.07) is 9.03. The van der Waals surface area contributed by atoms with Crippen LogP contribution in [0.4, 0.5) is 0 Å². The van der Waals surface area contributed by atoms with E-state index >= 15 is 0 Å². The lowest BCUT2D eigenvalue weighted by molar-refractivity contribution is -0.131. The van der Waals surface area contributed by atoms with Crippen LogP contribution in [0.2, 0.25) is 0 Å².